The Kier molecular flexibility index (Phi) is 6.89. The number of ether oxygens (including phenoxy) is 1. The van der Waals surface area contributed by atoms with Crippen LogP contribution in [-0.2, 0) is 9.53 Å². The number of carbonyl (C=O) groups excluding carboxylic acids is 2. The predicted molar refractivity (Wildman–Crippen MR) is 145 cm³/mol. The number of rotatable bonds is 5. The lowest BCUT2D eigenvalue weighted by molar-refractivity contribution is -0.132. The number of fused-ring (bicyclic) bond motifs is 1. The number of amides is 3. The van der Waals surface area contributed by atoms with Crippen molar-refractivity contribution in [3.05, 3.63) is 82.1 Å². The second-order valence-electron chi connectivity index (χ2n) is 10.8. The van der Waals surface area contributed by atoms with Crippen LogP contribution in [0.2, 0.25) is 0 Å². The molecule has 8 heteroatoms. The van der Waals surface area contributed by atoms with Crippen molar-refractivity contribution in [2.45, 2.75) is 43.7 Å². The molecule has 0 bridgehead atoms. The number of nitrogens with one attached hydrogen (secondary N) is 2. The second-order valence-corrected chi connectivity index (χ2v) is 10.8. The van der Waals surface area contributed by atoms with Crippen molar-refractivity contribution in [2.24, 2.45) is 5.92 Å². The van der Waals surface area contributed by atoms with Crippen molar-refractivity contribution in [1.82, 2.24) is 20.1 Å². The van der Waals surface area contributed by atoms with Crippen LogP contribution in [0.4, 0.5) is 4.79 Å². The van der Waals surface area contributed by atoms with Gasteiger partial charge in [0.1, 0.15) is 12.1 Å². The Hall–Kier alpha value is -3.65. The molecule has 2 saturated heterocycles. The molecule has 3 fully saturated rings. The highest BCUT2D eigenvalue weighted by Crippen LogP contribution is 2.32. The molecule has 198 valence electrons. The molecular formula is C30H34N4O4. The van der Waals surface area contributed by atoms with Crippen LogP contribution >= 0.6 is 0 Å². The zero-order valence-electron chi connectivity index (χ0n) is 21.5. The third kappa shape index (κ3) is 5.31. The zero-order valence-corrected chi connectivity index (χ0v) is 21.5. The van der Waals surface area contributed by atoms with E-state index < -0.39 is 6.04 Å². The summed E-state index contributed by atoms with van der Waals surface area (Å²) in [7, 11) is 0. The Labute approximate surface area is 222 Å². The topological polar surface area (TPSA) is 94.7 Å². The summed E-state index contributed by atoms with van der Waals surface area (Å²) in [5, 5.41) is 3.98. The van der Waals surface area contributed by atoms with Crippen LogP contribution in [0.15, 0.2) is 65.5 Å². The number of likely N-dealkylation sites (tertiary alicyclic amines) is 1. The summed E-state index contributed by atoms with van der Waals surface area (Å²) in [6, 6.07) is 18.8. The summed E-state index contributed by atoms with van der Waals surface area (Å²) in [6.45, 7) is 2.42. The molecule has 1 aromatic heterocycles. The maximum absolute atomic E-state index is 13.5. The summed E-state index contributed by atoms with van der Waals surface area (Å²) in [5.74, 6) is 0.569. The highest BCUT2D eigenvalue weighted by atomic mass is 16.5. The van der Waals surface area contributed by atoms with E-state index in [1.54, 1.807) is 4.90 Å². The van der Waals surface area contributed by atoms with Gasteiger partial charge in [-0.15, -0.1) is 0 Å². The monoisotopic (exact) mass is 514 g/mol. The summed E-state index contributed by atoms with van der Waals surface area (Å²) in [4.78, 5) is 46.0. The van der Waals surface area contributed by atoms with E-state index >= 15 is 0 Å². The average Bonchev–Trinajstić information content (AvgIpc) is 3.79. The van der Waals surface area contributed by atoms with Gasteiger partial charge in [0.05, 0.1) is 13.2 Å². The molecule has 6 rings (SSSR count). The number of piperidine rings is 1. The smallest absolute Gasteiger partial charge is 0.318 e. The lowest BCUT2D eigenvalue weighted by Crippen LogP contribution is -2.54. The van der Waals surface area contributed by atoms with Gasteiger partial charge in [0.15, 0.2) is 0 Å². The Morgan fingerprint density at radius 3 is 2.47 bits per heavy atom. The van der Waals surface area contributed by atoms with Gasteiger partial charge in [-0.2, -0.15) is 0 Å². The van der Waals surface area contributed by atoms with Gasteiger partial charge < -0.3 is 24.8 Å². The molecule has 38 heavy (non-hydrogen) atoms. The number of aromatic amines is 1. The quantitative estimate of drug-likeness (QED) is 0.542. The van der Waals surface area contributed by atoms with Crippen LogP contribution in [0, 0.1) is 5.92 Å². The third-order valence-electron chi connectivity index (χ3n) is 8.11. The van der Waals surface area contributed by atoms with E-state index in [9.17, 15) is 14.4 Å². The van der Waals surface area contributed by atoms with Crippen molar-refractivity contribution in [2.75, 3.05) is 32.8 Å². The Morgan fingerprint density at radius 2 is 1.71 bits per heavy atom. The number of para-hydroxylation sites is 1. The summed E-state index contributed by atoms with van der Waals surface area (Å²) >= 11 is 0. The lowest BCUT2D eigenvalue weighted by atomic mass is 9.89. The van der Waals surface area contributed by atoms with Gasteiger partial charge in [0.2, 0.25) is 5.91 Å². The first kappa shape index (κ1) is 24.7. The number of nitrogens with zero attached hydrogens (tertiary/aromatic N) is 2. The minimum Gasteiger partial charge on any atom is -0.369 e. The molecule has 3 aliphatic rings. The van der Waals surface area contributed by atoms with E-state index in [4.69, 9.17) is 4.74 Å². The molecule has 8 nitrogen and oxygen atoms in total. The molecule has 3 amide bonds. The minimum absolute atomic E-state index is 0.0588. The summed E-state index contributed by atoms with van der Waals surface area (Å²) in [5.41, 5.74) is 2.59. The number of hydrogen-bond acceptors (Lipinski definition) is 4. The molecule has 2 atom stereocenters. The molecular weight excluding hydrogens is 480 g/mol. The van der Waals surface area contributed by atoms with Crippen molar-refractivity contribution >= 4 is 22.8 Å². The molecule has 1 saturated carbocycles. The van der Waals surface area contributed by atoms with Gasteiger partial charge in [-0.1, -0.05) is 48.5 Å². The van der Waals surface area contributed by atoms with Crippen molar-refractivity contribution < 1.29 is 14.3 Å². The fourth-order valence-corrected chi connectivity index (χ4v) is 5.70. The van der Waals surface area contributed by atoms with Crippen LogP contribution in [0.25, 0.3) is 10.9 Å². The number of H-pyrrole nitrogens is 1. The molecule has 0 spiro atoms. The van der Waals surface area contributed by atoms with E-state index in [0.717, 1.165) is 34.9 Å². The largest absolute Gasteiger partial charge is 0.369 e. The molecule has 3 aromatic rings. The van der Waals surface area contributed by atoms with Gasteiger partial charge in [0.25, 0.3) is 5.56 Å². The van der Waals surface area contributed by atoms with E-state index in [0.29, 0.717) is 44.9 Å². The highest BCUT2D eigenvalue weighted by Gasteiger charge is 2.37. The number of pyridine rings is 1. The maximum atomic E-state index is 13.5. The Bertz CT molecular complexity index is 1360. The SMILES string of the molecule is O=C(N[C@@H]1CO[C@@H](c2ccccc2)CN(CC2CC2)C1=O)N1CCC(c2cc3ccccc3[nH]c2=O)CC1. The number of benzene rings is 2. The zero-order chi connectivity index (χ0) is 26.1. The highest BCUT2D eigenvalue weighted by molar-refractivity contribution is 5.87. The first-order valence-corrected chi connectivity index (χ1v) is 13.7. The van der Waals surface area contributed by atoms with Crippen LogP contribution in [-0.4, -0.2) is 65.5 Å². The van der Waals surface area contributed by atoms with Crippen LogP contribution in [0.5, 0.6) is 0 Å². The molecule has 3 heterocycles. The standard InChI is InChI=1S/C30H34N4O4/c35-28-24(16-23-8-4-5-9-25(23)31-28)21-12-14-33(15-13-21)30(37)32-26-19-38-27(22-6-2-1-3-7-22)18-34(29(26)36)17-20-10-11-20/h1-9,16,20-21,26-27H,10-15,17-19H2,(H,31,35)(H,32,37)/t26-,27-/m1/s1. The maximum Gasteiger partial charge on any atom is 0.318 e. The normalized spacial score (nSPS) is 22.9. The van der Waals surface area contributed by atoms with Gasteiger partial charge in [0, 0.05) is 30.7 Å². The first-order valence-electron chi connectivity index (χ1n) is 13.7. The van der Waals surface area contributed by atoms with Gasteiger partial charge in [-0.05, 0) is 60.6 Å². The van der Waals surface area contributed by atoms with Crippen molar-refractivity contribution in [1.29, 1.82) is 0 Å². The number of carbonyl (C=O) groups is 2. The molecule has 2 N–H and O–H groups in total. The minimum atomic E-state index is -0.712. The van der Waals surface area contributed by atoms with E-state index in [-0.39, 0.29) is 36.1 Å². The molecule has 2 aromatic carbocycles. The van der Waals surface area contributed by atoms with Gasteiger partial charge in [-0.25, -0.2) is 4.79 Å². The summed E-state index contributed by atoms with van der Waals surface area (Å²) in [6.07, 6.45) is 3.48. The third-order valence-corrected chi connectivity index (χ3v) is 8.11. The average molecular weight is 515 g/mol. The van der Waals surface area contributed by atoms with Crippen molar-refractivity contribution in [3.8, 4) is 0 Å². The van der Waals surface area contributed by atoms with Crippen molar-refractivity contribution in [3.63, 3.8) is 0 Å². The second kappa shape index (κ2) is 10.6. The molecule has 0 radical (unpaired) electrons. The number of urea groups is 1. The fourth-order valence-electron chi connectivity index (χ4n) is 5.70. The summed E-state index contributed by atoms with van der Waals surface area (Å²) < 4.78 is 6.18. The molecule has 2 aliphatic heterocycles. The Morgan fingerprint density at radius 1 is 0.974 bits per heavy atom. The van der Waals surface area contributed by atoms with Gasteiger partial charge in [-0.3, -0.25) is 9.59 Å². The fraction of sp³-hybridized carbons (Fsp3) is 0.433. The first-order chi connectivity index (χ1) is 18.5. The van der Waals surface area contributed by atoms with Crippen LogP contribution < -0.4 is 10.9 Å². The van der Waals surface area contributed by atoms with Crippen LogP contribution in [0.3, 0.4) is 0 Å². The number of hydrogen-bond donors (Lipinski definition) is 2. The molecule has 1 aliphatic carbocycles. The lowest BCUT2D eigenvalue weighted by Gasteiger charge is -2.33. The molecule has 0 unspecified atom stereocenters. The van der Waals surface area contributed by atoms with E-state index in [2.05, 4.69) is 10.3 Å². The van der Waals surface area contributed by atoms with Crippen LogP contribution in [0.1, 0.15) is 48.8 Å². The Balaban J connectivity index is 1.10. The van der Waals surface area contributed by atoms with E-state index in [1.165, 1.54) is 0 Å². The predicted octanol–water partition coefficient (Wildman–Crippen LogP) is 3.80. The van der Waals surface area contributed by atoms with Gasteiger partial charge >= 0.3 is 6.03 Å². The van der Waals surface area contributed by atoms with E-state index in [1.807, 2.05) is 65.6 Å². The number of aromatic nitrogens is 1.